The summed E-state index contributed by atoms with van der Waals surface area (Å²) in [7, 11) is 2.15. The van der Waals surface area contributed by atoms with Crippen molar-refractivity contribution in [2.24, 2.45) is 0 Å². The zero-order valence-electron chi connectivity index (χ0n) is 14.1. The average molecular weight is 329 g/mol. The highest BCUT2D eigenvalue weighted by molar-refractivity contribution is 5.86. The largest absolute Gasteiger partial charge is 0.445 e. The summed E-state index contributed by atoms with van der Waals surface area (Å²) in [6, 6.07) is 8.35. The van der Waals surface area contributed by atoms with Crippen molar-refractivity contribution >= 4 is 17.1 Å². The third kappa shape index (κ3) is 2.28. The molecule has 2 fully saturated rings. The second-order valence-corrected chi connectivity index (χ2v) is 6.88. The number of hydrogen-bond donors (Lipinski definition) is 0. The maximum atomic E-state index is 12.7. The Labute approximate surface area is 140 Å². The lowest BCUT2D eigenvalue weighted by Crippen LogP contribution is -2.44. The van der Waals surface area contributed by atoms with Gasteiger partial charge in [-0.3, -0.25) is 4.57 Å². The number of rotatable bonds is 2. The molecule has 0 N–H and O–H groups in total. The number of benzene rings is 1. The first-order valence-corrected chi connectivity index (χ1v) is 8.73. The summed E-state index contributed by atoms with van der Waals surface area (Å²) in [6.45, 7) is 2.43. The van der Waals surface area contributed by atoms with Crippen molar-refractivity contribution in [3.05, 3.63) is 34.7 Å². The molecule has 2 aromatic rings. The molecule has 2 aliphatic heterocycles. The number of piperidine rings is 1. The van der Waals surface area contributed by atoms with Gasteiger partial charge in [0.2, 0.25) is 0 Å². The summed E-state index contributed by atoms with van der Waals surface area (Å²) in [5, 5.41) is 0. The summed E-state index contributed by atoms with van der Waals surface area (Å²) in [5.41, 5.74) is 1.07. The monoisotopic (exact) mass is 329 g/mol. The Morgan fingerprint density at radius 3 is 2.42 bits per heavy atom. The molecule has 2 bridgehead atoms. The number of nitrogens with zero attached hydrogens (tertiary/aromatic N) is 3. The molecule has 1 aromatic heterocycles. The minimum atomic E-state index is -0.544. The van der Waals surface area contributed by atoms with Crippen LogP contribution in [0.1, 0.15) is 32.6 Å². The molecule has 1 aromatic carbocycles. The first kappa shape index (κ1) is 15.4. The van der Waals surface area contributed by atoms with E-state index in [2.05, 4.69) is 11.9 Å². The second kappa shape index (κ2) is 5.77. The molecule has 2 atom stereocenters. The van der Waals surface area contributed by atoms with Gasteiger partial charge in [0.25, 0.3) is 0 Å². The number of para-hydroxylation sites is 2. The van der Waals surface area contributed by atoms with Crippen molar-refractivity contribution < 1.29 is 9.53 Å². The molecule has 128 valence electrons. The molecular formula is C18H23N3O3. The Bertz CT molecular complexity index is 824. The van der Waals surface area contributed by atoms with Crippen molar-refractivity contribution in [2.75, 3.05) is 7.05 Å². The van der Waals surface area contributed by atoms with Gasteiger partial charge in [-0.25, -0.2) is 9.59 Å². The van der Waals surface area contributed by atoms with E-state index in [1.165, 1.54) is 17.4 Å². The van der Waals surface area contributed by atoms with Crippen LogP contribution in [0.25, 0.3) is 11.0 Å². The highest BCUT2D eigenvalue weighted by atomic mass is 16.6. The van der Waals surface area contributed by atoms with Gasteiger partial charge in [-0.2, -0.15) is 4.57 Å². The molecular weight excluding hydrogens is 306 g/mol. The standard InChI is InChI=1S/C18H23N3O3/c1-3-20-15-6-4-5-7-16(15)21(17(20)22)18(23)24-14-10-12-8-9-13(11-14)19(12)2/h4-7,12-14H,3,8-11H2,1-2H3. The van der Waals surface area contributed by atoms with Crippen molar-refractivity contribution in [1.29, 1.82) is 0 Å². The van der Waals surface area contributed by atoms with E-state index in [1.54, 1.807) is 10.6 Å². The van der Waals surface area contributed by atoms with Gasteiger partial charge >= 0.3 is 11.8 Å². The zero-order valence-corrected chi connectivity index (χ0v) is 14.1. The predicted octanol–water partition coefficient (Wildman–Crippen LogP) is 2.43. The van der Waals surface area contributed by atoms with Crippen LogP contribution < -0.4 is 5.69 Å². The Morgan fingerprint density at radius 1 is 1.17 bits per heavy atom. The van der Waals surface area contributed by atoms with E-state index in [-0.39, 0.29) is 11.8 Å². The summed E-state index contributed by atoms with van der Waals surface area (Å²) in [5.74, 6) is 0. The number of fused-ring (bicyclic) bond motifs is 3. The van der Waals surface area contributed by atoms with E-state index < -0.39 is 6.09 Å². The van der Waals surface area contributed by atoms with Gasteiger partial charge in [0.05, 0.1) is 11.0 Å². The smallest absolute Gasteiger partial charge is 0.423 e. The first-order chi connectivity index (χ1) is 11.6. The van der Waals surface area contributed by atoms with E-state index >= 15 is 0 Å². The minimum absolute atomic E-state index is 0.0955. The second-order valence-electron chi connectivity index (χ2n) is 6.88. The topological polar surface area (TPSA) is 56.5 Å². The Balaban J connectivity index is 1.63. The van der Waals surface area contributed by atoms with E-state index in [0.717, 1.165) is 18.4 Å². The van der Waals surface area contributed by atoms with Crippen LogP contribution in [0.2, 0.25) is 0 Å². The van der Waals surface area contributed by atoms with Crippen LogP contribution in [0, 0.1) is 0 Å². The van der Waals surface area contributed by atoms with E-state index in [1.807, 2.05) is 25.1 Å². The number of aryl methyl sites for hydroxylation is 1. The molecule has 0 aliphatic carbocycles. The van der Waals surface area contributed by atoms with E-state index in [0.29, 0.717) is 24.1 Å². The number of imidazole rings is 1. The van der Waals surface area contributed by atoms with Crippen LogP contribution in [0.15, 0.2) is 29.1 Å². The quantitative estimate of drug-likeness (QED) is 0.849. The summed E-state index contributed by atoms with van der Waals surface area (Å²) in [4.78, 5) is 27.7. The molecule has 2 unspecified atom stereocenters. The van der Waals surface area contributed by atoms with Crippen LogP contribution >= 0.6 is 0 Å². The molecule has 0 amide bonds. The van der Waals surface area contributed by atoms with Gasteiger partial charge in [0.15, 0.2) is 0 Å². The van der Waals surface area contributed by atoms with Crippen LogP contribution in [-0.2, 0) is 11.3 Å². The molecule has 0 saturated carbocycles. The van der Waals surface area contributed by atoms with Gasteiger partial charge in [-0.1, -0.05) is 12.1 Å². The molecule has 2 saturated heterocycles. The van der Waals surface area contributed by atoms with Gasteiger partial charge in [-0.15, -0.1) is 0 Å². The van der Waals surface area contributed by atoms with E-state index in [9.17, 15) is 9.59 Å². The fourth-order valence-electron chi connectivity index (χ4n) is 4.34. The SMILES string of the molecule is CCn1c(=O)n(C(=O)OC2CC3CCC(C2)N3C)c2ccccc21. The van der Waals surface area contributed by atoms with Crippen molar-refractivity contribution in [3.63, 3.8) is 0 Å². The number of ether oxygens (including phenoxy) is 1. The highest BCUT2D eigenvalue weighted by Crippen LogP contribution is 2.35. The van der Waals surface area contributed by atoms with Crippen LogP contribution in [0.4, 0.5) is 4.79 Å². The summed E-state index contributed by atoms with van der Waals surface area (Å²) in [6.07, 6.45) is 3.42. The number of hydrogen-bond acceptors (Lipinski definition) is 4. The molecule has 3 heterocycles. The highest BCUT2D eigenvalue weighted by Gasteiger charge is 2.40. The third-order valence-corrected chi connectivity index (χ3v) is 5.66. The lowest BCUT2D eigenvalue weighted by Gasteiger charge is -2.35. The predicted molar refractivity (Wildman–Crippen MR) is 91.3 cm³/mol. The van der Waals surface area contributed by atoms with Gasteiger partial charge < -0.3 is 9.64 Å². The maximum absolute atomic E-state index is 12.7. The average Bonchev–Trinajstić information content (AvgIpc) is 2.95. The molecule has 6 nitrogen and oxygen atoms in total. The molecule has 4 rings (SSSR count). The van der Waals surface area contributed by atoms with Gasteiger partial charge in [-0.05, 0) is 38.9 Å². The minimum Gasteiger partial charge on any atom is -0.445 e. The van der Waals surface area contributed by atoms with E-state index in [4.69, 9.17) is 4.74 Å². The Hall–Kier alpha value is -2.08. The van der Waals surface area contributed by atoms with Gasteiger partial charge in [0.1, 0.15) is 6.10 Å². The maximum Gasteiger partial charge on any atom is 0.423 e. The molecule has 0 radical (unpaired) electrons. The molecule has 2 aliphatic rings. The van der Waals surface area contributed by atoms with Crippen LogP contribution in [-0.4, -0.2) is 45.4 Å². The summed E-state index contributed by atoms with van der Waals surface area (Å²) >= 11 is 0. The molecule has 6 heteroatoms. The summed E-state index contributed by atoms with van der Waals surface area (Å²) < 4.78 is 8.52. The third-order valence-electron chi connectivity index (χ3n) is 5.66. The van der Waals surface area contributed by atoms with Crippen LogP contribution in [0.5, 0.6) is 0 Å². The molecule has 0 spiro atoms. The lowest BCUT2D eigenvalue weighted by molar-refractivity contribution is 0.0290. The fourth-order valence-corrected chi connectivity index (χ4v) is 4.34. The van der Waals surface area contributed by atoms with Crippen molar-refractivity contribution in [3.8, 4) is 0 Å². The zero-order chi connectivity index (χ0) is 16.8. The number of carbonyl (C=O) groups is 1. The molecule has 24 heavy (non-hydrogen) atoms. The number of carbonyl (C=O) groups excluding carboxylic acids is 1. The van der Waals surface area contributed by atoms with Crippen molar-refractivity contribution in [1.82, 2.24) is 14.0 Å². The Morgan fingerprint density at radius 2 is 1.79 bits per heavy atom. The van der Waals surface area contributed by atoms with Gasteiger partial charge in [0, 0.05) is 31.5 Å². The number of aromatic nitrogens is 2. The normalized spacial score (nSPS) is 26.8. The lowest BCUT2D eigenvalue weighted by atomic mass is 10.0. The van der Waals surface area contributed by atoms with Crippen LogP contribution in [0.3, 0.4) is 0 Å². The first-order valence-electron chi connectivity index (χ1n) is 8.73. The Kier molecular flexibility index (Phi) is 3.72. The van der Waals surface area contributed by atoms with Crippen molar-refractivity contribution in [2.45, 2.75) is 57.3 Å². The fraction of sp³-hybridized carbons (Fsp3) is 0.556.